The smallest absolute Gasteiger partial charge is 0.0773 e. The molecular weight excluding hydrogens is 689 g/mol. The predicted octanol–water partition coefficient (Wildman–Crippen LogP) is 14.4. The highest BCUT2D eigenvalue weighted by atomic mass is 14.8. The lowest BCUT2D eigenvalue weighted by Gasteiger charge is -2.33. The largest absolute Gasteiger partial charge is 0.256 e. The Morgan fingerprint density at radius 1 is 0.789 bits per heavy atom. The van der Waals surface area contributed by atoms with E-state index in [0.717, 1.165) is 78.3 Å². The lowest BCUT2D eigenvalue weighted by Crippen LogP contribution is -2.20. The highest BCUT2D eigenvalue weighted by Gasteiger charge is 2.29. The van der Waals surface area contributed by atoms with Crippen LogP contribution in [0.5, 0.6) is 0 Å². The second kappa shape index (κ2) is 18.1. The van der Waals surface area contributed by atoms with Crippen molar-refractivity contribution in [1.29, 1.82) is 0 Å². The average molecular weight is 745 g/mol. The van der Waals surface area contributed by atoms with Crippen molar-refractivity contribution in [3.63, 3.8) is 0 Å². The van der Waals surface area contributed by atoms with Crippen molar-refractivity contribution in [3.8, 4) is 0 Å². The molecule has 2 aromatic carbocycles. The van der Waals surface area contributed by atoms with Gasteiger partial charge in [0.25, 0.3) is 0 Å². The van der Waals surface area contributed by atoms with Crippen molar-refractivity contribution >= 4 is 22.6 Å². The van der Waals surface area contributed by atoms with Crippen molar-refractivity contribution in [2.75, 3.05) is 0 Å². The Kier molecular flexibility index (Phi) is 12.2. The van der Waals surface area contributed by atoms with E-state index in [1.54, 1.807) is 0 Å². The average Bonchev–Trinajstić information content (AvgIpc) is 3.28. The Bertz CT molecular complexity index is 2280. The first-order valence-corrected chi connectivity index (χ1v) is 21.2. The Morgan fingerprint density at radius 2 is 1.60 bits per heavy atom. The van der Waals surface area contributed by atoms with Crippen LogP contribution in [0.4, 0.5) is 0 Å². The highest BCUT2D eigenvalue weighted by Crippen LogP contribution is 2.43. The predicted molar refractivity (Wildman–Crippen MR) is 243 cm³/mol. The third-order valence-electron chi connectivity index (χ3n) is 12.8. The minimum atomic E-state index is 0.379. The van der Waals surface area contributed by atoms with Crippen LogP contribution in [0.2, 0.25) is 0 Å². The summed E-state index contributed by atoms with van der Waals surface area (Å²) >= 11 is 0. The van der Waals surface area contributed by atoms with Gasteiger partial charge in [-0.15, -0.1) is 0 Å². The second-order valence-electron chi connectivity index (χ2n) is 16.4. The molecule has 286 valence electrons. The molecule has 1 aromatic heterocycles. The molecule has 8 rings (SSSR count). The second-order valence-corrected chi connectivity index (χ2v) is 16.4. The molecule has 57 heavy (non-hydrogen) atoms. The number of benzene rings is 2. The normalized spacial score (nSPS) is 25.1. The number of aliphatic imine (C=N–C) groups is 1. The Labute approximate surface area is 341 Å². The number of allylic oxidation sites excluding steroid dienone is 19. The zero-order valence-corrected chi connectivity index (χ0v) is 33.6. The molecule has 5 unspecified atom stereocenters. The molecule has 3 aromatic rings. The van der Waals surface area contributed by atoms with E-state index < -0.39 is 0 Å². The Balaban J connectivity index is 1.01. The molecule has 0 bridgehead atoms. The van der Waals surface area contributed by atoms with Gasteiger partial charge in [0.1, 0.15) is 0 Å². The molecule has 1 heterocycles. The zero-order chi connectivity index (χ0) is 39.0. The summed E-state index contributed by atoms with van der Waals surface area (Å²) in [4.78, 5) is 10.4. The number of rotatable bonds is 11. The number of hydrogen-bond acceptors (Lipinski definition) is 2. The van der Waals surface area contributed by atoms with Crippen LogP contribution in [0, 0.1) is 23.7 Å². The first-order chi connectivity index (χ1) is 28.0. The monoisotopic (exact) mass is 744 g/mol. The van der Waals surface area contributed by atoms with E-state index in [2.05, 4.69) is 166 Å². The number of pyridine rings is 1. The molecule has 0 saturated carbocycles. The summed E-state index contributed by atoms with van der Waals surface area (Å²) in [5.74, 6) is 2.86. The summed E-state index contributed by atoms with van der Waals surface area (Å²) in [5, 5.41) is 0. The quantitative estimate of drug-likeness (QED) is 0.109. The summed E-state index contributed by atoms with van der Waals surface area (Å²) in [6.45, 7) is 10.8. The van der Waals surface area contributed by atoms with E-state index >= 15 is 0 Å². The van der Waals surface area contributed by atoms with Crippen LogP contribution in [0.1, 0.15) is 93.0 Å². The Morgan fingerprint density at radius 3 is 2.40 bits per heavy atom. The third kappa shape index (κ3) is 9.02. The molecule has 5 aliphatic carbocycles. The van der Waals surface area contributed by atoms with E-state index in [1.165, 1.54) is 52.7 Å². The van der Waals surface area contributed by atoms with E-state index in [9.17, 15) is 0 Å². The molecule has 0 fully saturated rings. The van der Waals surface area contributed by atoms with Gasteiger partial charge in [0, 0.05) is 29.0 Å². The topological polar surface area (TPSA) is 25.2 Å². The number of nitrogens with zero attached hydrogens (tertiary/aromatic N) is 2. The van der Waals surface area contributed by atoms with Crippen molar-refractivity contribution in [2.24, 2.45) is 28.7 Å². The fourth-order valence-electron chi connectivity index (χ4n) is 9.59. The summed E-state index contributed by atoms with van der Waals surface area (Å²) in [6, 6.07) is 25.7. The van der Waals surface area contributed by atoms with Crippen molar-refractivity contribution in [1.82, 2.24) is 4.98 Å². The van der Waals surface area contributed by atoms with E-state index in [0.29, 0.717) is 23.7 Å². The lowest BCUT2D eigenvalue weighted by atomic mass is 9.72. The number of hydrogen-bond donors (Lipinski definition) is 0. The molecule has 5 atom stereocenters. The van der Waals surface area contributed by atoms with Crippen molar-refractivity contribution < 1.29 is 0 Å². The first-order valence-electron chi connectivity index (χ1n) is 21.2. The van der Waals surface area contributed by atoms with Gasteiger partial charge in [-0.25, -0.2) is 0 Å². The molecular formula is C55H56N2. The number of aromatic nitrogens is 1. The fourth-order valence-corrected chi connectivity index (χ4v) is 9.59. The van der Waals surface area contributed by atoms with Crippen LogP contribution in [0.25, 0.3) is 16.8 Å². The molecule has 0 amide bonds. The fraction of sp³-hybridized carbons (Fsp3) is 0.273. The summed E-state index contributed by atoms with van der Waals surface area (Å²) in [5.41, 5.74) is 14.2. The first kappa shape index (κ1) is 38.3. The van der Waals surface area contributed by atoms with Crippen molar-refractivity contribution in [3.05, 3.63) is 216 Å². The van der Waals surface area contributed by atoms with Gasteiger partial charge in [0.2, 0.25) is 0 Å². The molecule has 2 nitrogen and oxygen atoms in total. The molecule has 0 spiro atoms. The molecule has 0 N–H and O–H groups in total. The minimum absolute atomic E-state index is 0.379. The van der Waals surface area contributed by atoms with Crippen LogP contribution in [0.15, 0.2) is 198 Å². The summed E-state index contributed by atoms with van der Waals surface area (Å²) in [7, 11) is 0. The van der Waals surface area contributed by atoms with Gasteiger partial charge in [-0.2, -0.15) is 0 Å². The van der Waals surface area contributed by atoms with Crippen LogP contribution in [-0.4, -0.2) is 10.7 Å². The van der Waals surface area contributed by atoms with E-state index in [-0.39, 0.29) is 0 Å². The molecule has 5 aliphatic rings. The lowest BCUT2D eigenvalue weighted by molar-refractivity contribution is 0.354. The molecule has 0 aliphatic heterocycles. The van der Waals surface area contributed by atoms with E-state index in [1.807, 2.05) is 12.3 Å². The van der Waals surface area contributed by atoms with Gasteiger partial charge >= 0.3 is 0 Å². The summed E-state index contributed by atoms with van der Waals surface area (Å²) in [6.07, 6.45) is 42.1. The maximum absolute atomic E-state index is 5.39. The van der Waals surface area contributed by atoms with Crippen molar-refractivity contribution in [2.45, 2.75) is 70.6 Å². The van der Waals surface area contributed by atoms with Crippen LogP contribution in [-0.2, 0) is 0 Å². The van der Waals surface area contributed by atoms with Crippen LogP contribution < -0.4 is 0 Å². The standard InChI is InChI=1S/C55H56N2/c1-4-16-52(44-31-28-43(29-32-44)41-17-7-5-8-18-41)39(2)35-54(45-20-9-6-10-21-45)57-40(3)46-23-13-24-48(36-46)49-25-14-26-51(38-49)55-53(27-15-34-56-55)50-33-30-42-19-11-12-22-47(42)37-50/h4-11,14-21,23,26-28,31-35,38,42-43,47-49H,1-2,12-13,22,24-25,29-30,36-37H2,3H3/b52-16-,54-35-,57-40?. The molecule has 2 heteroatoms. The number of fused-ring (bicyclic) bond motifs is 1. The van der Waals surface area contributed by atoms with Gasteiger partial charge in [-0.05, 0) is 140 Å². The maximum atomic E-state index is 5.39. The van der Waals surface area contributed by atoms with Gasteiger partial charge in [0.15, 0.2) is 0 Å². The van der Waals surface area contributed by atoms with Crippen LogP contribution >= 0.6 is 0 Å². The summed E-state index contributed by atoms with van der Waals surface area (Å²) < 4.78 is 0. The molecule has 0 saturated heterocycles. The SMILES string of the molecule is C=C/C=C(/C(=C)/C=C(\N=C(C)C1=CCCC(C2C=C(c3ncccc3C3=CCC4C=CCCC4C3)C=CC2)C1)c1ccccc1)C1=CCC(c2ccccc2)C=C1. The van der Waals surface area contributed by atoms with Gasteiger partial charge in [-0.1, -0.05) is 153 Å². The minimum Gasteiger partial charge on any atom is -0.256 e. The Hall–Kier alpha value is -5.60. The maximum Gasteiger partial charge on any atom is 0.0773 e. The van der Waals surface area contributed by atoms with Gasteiger partial charge in [0.05, 0.1) is 11.4 Å². The van der Waals surface area contributed by atoms with Crippen LogP contribution in [0.3, 0.4) is 0 Å². The molecule has 0 radical (unpaired) electrons. The zero-order valence-electron chi connectivity index (χ0n) is 33.6. The third-order valence-corrected chi connectivity index (χ3v) is 12.8. The van der Waals surface area contributed by atoms with Gasteiger partial charge < -0.3 is 0 Å². The van der Waals surface area contributed by atoms with E-state index in [4.69, 9.17) is 9.98 Å². The van der Waals surface area contributed by atoms with Gasteiger partial charge in [-0.3, -0.25) is 9.98 Å². The highest BCUT2D eigenvalue weighted by molar-refractivity contribution is 6.01.